The Morgan fingerprint density at radius 3 is 2.44 bits per heavy atom. The first-order valence-electron chi connectivity index (χ1n) is 8.80. The first-order chi connectivity index (χ1) is 11.6. The fourth-order valence-corrected chi connectivity index (χ4v) is 2.97. The molecule has 0 atom stereocenters. The minimum atomic E-state index is 0. The molecule has 0 spiro atoms. The molecule has 0 radical (unpaired) electrons. The van der Waals surface area contributed by atoms with Crippen LogP contribution in [-0.2, 0) is 6.54 Å². The number of hydrogen-bond donors (Lipinski definition) is 0. The van der Waals surface area contributed by atoms with Gasteiger partial charge in [0.1, 0.15) is 11.6 Å². The highest BCUT2D eigenvalue weighted by Gasteiger charge is 2.12. The van der Waals surface area contributed by atoms with Crippen LogP contribution in [0.15, 0.2) is 48.5 Å². The summed E-state index contributed by atoms with van der Waals surface area (Å²) >= 11 is 0. The molecule has 1 aromatic heterocycles. The van der Waals surface area contributed by atoms with Crippen molar-refractivity contribution in [2.45, 2.75) is 46.1 Å². The van der Waals surface area contributed by atoms with Crippen LogP contribution in [0.1, 0.15) is 44.0 Å². The van der Waals surface area contributed by atoms with E-state index in [1.165, 1.54) is 16.9 Å². The van der Waals surface area contributed by atoms with Gasteiger partial charge in [-0.15, -0.1) is 12.4 Å². The van der Waals surface area contributed by atoms with Crippen LogP contribution < -0.4 is 4.74 Å². The molecule has 0 aliphatic rings. The number of benzene rings is 2. The van der Waals surface area contributed by atoms with Gasteiger partial charge in [0.25, 0.3) is 0 Å². The van der Waals surface area contributed by atoms with E-state index in [4.69, 9.17) is 9.72 Å². The Bertz CT molecular complexity index is 793. The van der Waals surface area contributed by atoms with Crippen molar-refractivity contribution in [1.82, 2.24) is 9.55 Å². The van der Waals surface area contributed by atoms with Crippen molar-refractivity contribution >= 4 is 23.4 Å². The third-order valence-electron chi connectivity index (χ3n) is 4.27. The highest BCUT2D eigenvalue weighted by atomic mass is 35.5. The molecule has 3 rings (SSSR count). The molecule has 0 amide bonds. The summed E-state index contributed by atoms with van der Waals surface area (Å²) < 4.78 is 8.19. The summed E-state index contributed by atoms with van der Waals surface area (Å²) in [6.45, 7) is 8.25. The molecular formula is C21H27ClN2O. The molecule has 134 valence electrons. The highest BCUT2D eigenvalue weighted by Crippen LogP contribution is 2.22. The topological polar surface area (TPSA) is 27.1 Å². The van der Waals surface area contributed by atoms with Crippen LogP contribution in [-0.4, -0.2) is 16.2 Å². The van der Waals surface area contributed by atoms with E-state index in [2.05, 4.69) is 61.7 Å². The van der Waals surface area contributed by atoms with Gasteiger partial charge < -0.3 is 9.30 Å². The summed E-state index contributed by atoms with van der Waals surface area (Å²) in [6.07, 6.45) is 2.13. The molecule has 0 aliphatic heterocycles. The largest absolute Gasteiger partial charge is 0.494 e. The van der Waals surface area contributed by atoms with E-state index >= 15 is 0 Å². The van der Waals surface area contributed by atoms with Gasteiger partial charge in [-0.1, -0.05) is 43.7 Å². The van der Waals surface area contributed by atoms with E-state index in [-0.39, 0.29) is 12.4 Å². The minimum absolute atomic E-state index is 0. The van der Waals surface area contributed by atoms with E-state index in [0.29, 0.717) is 5.92 Å². The Kier molecular flexibility index (Phi) is 6.89. The second kappa shape index (κ2) is 8.91. The number of unbranched alkanes of at least 4 members (excludes halogenated alkanes) is 1. The first kappa shape index (κ1) is 19.3. The van der Waals surface area contributed by atoms with Crippen molar-refractivity contribution in [2.75, 3.05) is 6.61 Å². The zero-order valence-corrected chi connectivity index (χ0v) is 16.1. The van der Waals surface area contributed by atoms with Gasteiger partial charge in [0.2, 0.25) is 0 Å². The molecule has 25 heavy (non-hydrogen) atoms. The van der Waals surface area contributed by atoms with Crippen LogP contribution in [0.5, 0.6) is 5.75 Å². The van der Waals surface area contributed by atoms with Crippen molar-refractivity contribution in [2.24, 2.45) is 0 Å². The Balaban J connectivity index is 0.00000225. The first-order valence-corrected chi connectivity index (χ1v) is 8.80. The molecular weight excluding hydrogens is 332 g/mol. The van der Waals surface area contributed by atoms with Gasteiger partial charge in [-0.05, 0) is 44.0 Å². The van der Waals surface area contributed by atoms with Crippen molar-refractivity contribution in [3.05, 3.63) is 59.9 Å². The quantitative estimate of drug-likeness (QED) is 0.503. The third kappa shape index (κ3) is 4.76. The van der Waals surface area contributed by atoms with Crippen LogP contribution >= 0.6 is 12.4 Å². The van der Waals surface area contributed by atoms with Gasteiger partial charge in [-0.3, -0.25) is 0 Å². The standard InChI is InChI=1S/C21H26N2O.ClH/c1-16(2)21-22-19-8-4-5-9-20(19)23(21)14-6-7-15-24-18-12-10-17(3)11-13-18;/h4-5,8-13,16H,6-7,14-15H2,1-3H3;1H. The molecule has 0 saturated heterocycles. The van der Waals surface area contributed by atoms with Crippen molar-refractivity contribution in [1.29, 1.82) is 0 Å². The number of nitrogens with zero attached hydrogens (tertiary/aromatic N) is 2. The number of ether oxygens (including phenoxy) is 1. The van der Waals surface area contributed by atoms with Crippen molar-refractivity contribution in [3.63, 3.8) is 0 Å². The molecule has 0 unspecified atom stereocenters. The molecule has 0 N–H and O–H groups in total. The number of imidazole rings is 1. The zero-order valence-electron chi connectivity index (χ0n) is 15.2. The predicted molar refractivity (Wildman–Crippen MR) is 107 cm³/mol. The van der Waals surface area contributed by atoms with Gasteiger partial charge in [-0.25, -0.2) is 4.98 Å². The van der Waals surface area contributed by atoms with E-state index in [9.17, 15) is 0 Å². The monoisotopic (exact) mass is 358 g/mol. The SMILES string of the molecule is Cc1ccc(OCCCCn2c(C(C)C)nc3ccccc32)cc1.Cl. The summed E-state index contributed by atoms with van der Waals surface area (Å²) in [4.78, 5) is 4.80. The van der Waals surface area contributed by atoms with E-state index in [0.717, 1.165) is 37.3 Å². The maximum Gasteiger partial charge on any atom is 0.119 e. The number of para-hydroxylation sites is 2. The maximum atomic E-state index is 5.82. The summed E-state index contributed by atoms with van der Waals surface area (Å²) in [5, 5.41) is 0. The van der Waals surface area contributed by atoms with Crippen molar-refractivity contribution < 1.29 is 4.74 Å². The molecule has 3 nitrogen and oxygen atoms in total. The lowest BCUT2D eigenvalue weighted by Gasteiger charge is -2.12. The number of halogens is 1. The number of fused-ring (bicyclic) bond motifs is 1. The molecule has 3 aromatic rings. The molecule has 0 bridgehead atoms. The maximum absolute atomic E-state index is 5.82. The molecule has 0 fully saturated rings. The lowest BCUT2D eigenvalue weighted by atomic mass is 10.2. The number of rotatable bonds is 7. The molecule has 1 heterocycles. The van der Waals surface area contributed by atoms with Crippen LogP contribution in [0.3, 0.4) is 0 Å². The van der Waals surface area contributed by atoms with Crippen LogP contribution in [0.4, 0.5) is 0 Å². The second-order valence-corrected chi connectivity index (χ2v) is 6.63. The molecule has 2 aromatic carbocycles. The number of aromatic nitrogens is 2. The molecule has 0 aliphatic carbocycles. The minimum Gasteiger partial charge on any atom is -0.494 e. The van der Waals surface area contributed by atoms with Crippen molar-refractivity contribution in [3.8, 4) is 5.75 Å². The fourth-order valence-electron chi connectivity index (χ4n) is 2.97. The van der Waals surface area contributed by atoms with Gasteiger partial charge in [0.05, 0.1) is 17.6 Å². The van der Waals surface area contributed by atoms with Gasteiger partial charge in [0.15, 0.2) is 0 Å². The van der Waals surface area contributed by atoms with Gasteiger partial charge in [0, 0.05) is 12.5 Å². The Morgan fingerprint density at radius 1 is 1.00 bits per heavy atom. The lowest BCUT2D eigenvalue weighted by Crippen LogP contribution is -2.07. The fraction of sp³-hybridized carbons (Fsp3) is 0.381. The predicted octanol–water partition coefficient (Wildman–Crippen LogP) is 5.75. The summed E-state index contributed by atoms with van der Waals surface area (Å²) in [5.74, 6) is 2.56. The molecule has 0 saturated carbocycles. The number of hydrogen-bond acceptors (Lipinski definition) is 2. The van der Waals surface area contributed by atoms with Crippen LogP contribution in [0.25, 0.3) is 11.0 Å². The van der Waals surface area contributed by atoms with E-state index in [1.54, 1.807) is 0 Å². The summed E-state index contributed by atoms with van der Waals surface area (Å²) in [6, 6.07) is 16.6. The average molecular weight is 359 g/mol. The van der Waals surface area contributed by atoms with E-state index in [1.807, 2.05) is 12.1 Å². The Morgan fingerprint density at radius 2 is 1.72 bits per heavy atom. The summed E-state index contributed by atoms with van der Waals surface area (Å²) in [7, 11) is 0. The van der Waals surface area contributed by atoms with Crippen LogP contribution in [0, 0.1) is 6.92 Å². The normalized spacial score (nSPS) is 10.9. The third-order valence-corrected chi connectivity index (χ3v) is 4.27. The smallest absolute Gasteiger partial charge is 0.119 e. The number of aryl methyl sites for hydroxylation is 2. The van der Waals surface area contributed by atoms with Gasteiger partial charge >= 0.3 is 0 Å². The second-order valence-electron chi connectivity index (χ2n) is 6.63. The van der Waals surface area contributed by atoms with Crippen LogP contribution in [0.2, 0.25) is 0 Å². The Labute approximate surface area is 156 Å². The lowest BCUT2D eigenvalue weighted by molar-refractivity contribution is 0.303. The Hall–Kier alpha value is -2.00. The van der Waals surface area contributed by atoms with E-state index < -0.39 is 0 Å². The van der Waals surface area contributed by atoms with Gasteiger partial charge in [-0.2, -0.15) is 0 Å². The zero-order chi connectivity index (χ0) is 16.9. The highest BCUT2D eigenvalue weighted by molar-refractivity contribution is 5.85. The molecule has 4 heteroatoms. The average Bonchev–Trinajstić information content (AvgIpc) is 2.95. The summed E-state index contributed by atoms with van der Waals surface area (Å²) in [5.41, 5.74) is 3.59.